The largest absolute Gasteiger partial charge is 0.501 e. The van der Waals surface area contributed by atoms with Crippen molar-refractivity contribution in [3.05, 3.63) is 23.5 Å². The molecule has 0 aromatic carbocycles. The van der Waals surface area contributed by atoms with Crippen molar-refractivity contribution in [3.63, 3.8) is 0 Å². The van der Waals surface area contributed by atoms with Crippen LogP contribution < -0.4 is 0 Å². The number of nitrogens with zero attached hydrogens (tertiary/aromatic N) is 2. The first-order valence-electron chi connectivity index (χ1n) is 10.7. The molecule has 0 bridgehead atoms. The molecular formula is C22H40N2O. The van der Waals surface area contributed by atoms with E-state index < -0.39 is 0 Å². The van der Waals surface area contributed by atoms with Crippen molar-refractivity contribution in [1.82, 2.24) is 9.80 Å². The highest BCUT2D eigenvalue weighted by molar-refractivity contribution is 5.24. The van der Waals surface area contributed by atoms with Crippen molar-refractivity contribution in [2.24, 2.45) is 0 Å². The van der Waals surface area contributed by atoms with E-state index in [-0.39, 0.29) is 0 Å². The molecule has 1 atom stereocenters. The average molecular weight is 349 g/mol. The first kappa shape index (κ1) is 20.5. The Morgan fingerprint density at radius 2 is 1.52 bits per heavy atom. The van der Waals surface area contributed by atoms with Crippen molar-refractivity contribution < 1.29 is 4.74 Å². The molecule has 2 fully saturated rings. The molecule has 0 N–H and O–H groups in total. The van der Waals surface area contributed by atoms with Crippen LogP contribution in [0.2, 0.25) is 0 Å². The lowest BCUT2D eigenvalue weighted by Gasteiger charge is -2.40. The van der Waals surface area contributed by atoms with Crippen molar-refractivity contribution in [2.75, 3.05) is 33.3 Å². The molecule has 3 heteroatoms. The van der Waals surface area contributed by atoms with Crippen LogP contribution in [0.4, 0.5) is 0 Å². The predicted octanol–water partition coefficient (Wildman–Crippen LogP) is 4.99. The van der Waals surface area contributed by atoms with E-state index in [1.807, 2.05) is 13.8 Å². The number of hydrogen-bond acceptors (Lipinski definition) is 3. The van der Waals surface area contributed by atoms with Gasteiger partial charge in [-0.15, -0.1) is 0 Å². The second kappa shape index (κ2) is 11.0. The highest BCUT2D eigenvalue weighted by Gasteiger charge is 2.28. The van der Waals surface area contributed by atoms with Crippen LogP contribution in [0.1, 0.15) is 72.1 Å². The molecule has 1 unspecified atom stereocenters. The van der Waals surface area contributed by atoms with E-state index in [1.54, 1.807) is 7.11 Å². The number of piperidine rings is 1. The standard InChI is InChI=1S/C20H34N2O.C2H6/c1-17-7-8-18(9-10-20(17)23-2)22-15-11-19(12-16-22)21-13-5-3-4-6-14-21;1-2/h7-8,18-19H,3-6,9-16H2,1-2H3;1-2H3. The van der Waals surface area contributed by atoms with E-state index >= 15 is 0 Å². The van der Waals surface area contributed by atoms with E-state index in [0.29, 0.717) is 6.04 Å². The average Bonchev–Trinajstić information content (AvgIpc) is 3.04. The van der Waals surface area contributed by atoms with Crippen LogP contribution in [0, 0.1) is 0 Å². The Balaban J connectivity index is 0.00000109. The van der Waals surface area contributed by atoms with Gasteiger partial charge in [0.2, 0.25) is 0 Å². The zero-order chi connectivity index (χ0) is 18.1. The molecule has 3 rings (SSSR count). The molecule has 0 saturated carbocycles. The fourth-order valence-corrected chi connectivity index (χ4v) is 4.53. The molecule has 1 aliphatic carbocycles. The van der Waals surface area contributed by atoms with Gasteiger partial charge >= 0.3 is 0 Å². The Morgan fingerprint density at radius 3 is 2.12 bits per heavy atom. The fraction of sp³-hybridized carbons (Fsp3) is 0.818. The number of allylic oxidation sites excluding steroid dienone is 3. The Kier molecular flexibility index (Phi) is 9.05. The maximum absolute atomic E-state index is 5.53. The van der Waals surface area contributed by atoms with E-state index in [4.69, 9.17) is 4.74 Å². The molecule has 3 aliphatic rings. The first-order valence-corrected chi connectivity index (χ1v) is 10.7. The molecule has 0 spiro atoms. The van der Waals surface area contributed by atoms with Crippen molar-refractivity contribution >= 4 is 0 Å². The van der Waals surface area contributed by atoms with Gasteiger partial charge in [0, 0.05) is 31.6 Å². The van der Waals surface area contributed by atoms with E-state index in [0.717, 1.165) is 12.5 Å². The van der Waals surface area contributed by atoms with Gasteiger partial charge in [-0.05, 0) is 57.7 Å². The second-order valence-electron chi connectivity index (χ2n) is 7.49. The zero-order valence-corrected chi connectivity index (χ0v) is 17.1. The van der Waals surface area contributed by atoms with Gasteiger partial charge in [-0.3, -0.25) is 4.90 Å². The number of likely N-dealkylation sites (tertiary alicyclic amines) is 2. The van der Waals surface area contributed by atoms with Crippen molar-refractivity contribution in [1.29, 1.82) is 0 Å². The molecule has 25 heavy (non-hydrogen) atoms. The van der Waals surface area contributed by atoms with Crippen molar-refractivity contribution in [3.8, 4) is 0 Å². The summed E-state index contributed by atoms with van der Waals surface area (Å²) in [5, 5.41) is 0. The number of ether oxygens (including phenoxy) is 1. The minimum Gasteiger partial charge on any atom is -0.501 e. The third-order valence-electron chi connectivity index (χ3n) is 6.05. The van der Waals surface area contributed by atoms with E-state index in [9.17, 15) is 0 Å². The van der Waals surface area contributed by atoms with Crippen LogP contribution in [-0.2, 0) is 4.74 Å². The summed E-state index contributed by atoms with van der Waals surface area (Å²) in [6.45, 7) is 11.4. The van der Waals surface area contributed by atoms with Gasteiger partial charge in [0.25, 0.3) is 0 Å². The minimum absolute atomic E-state index is 0.600. The molecular weight excluding hydrogens is 308 g/mol. The molecule has 0 aromatic rings. The lowest BCUT2D eigenvalue weighted by Crippen LogP contribution is -2.48. The van der Waals surface area contributed by atoms with Gasteiger partial charge in [-0.2, -0.15) is 0 Å². The number of rotatable bonds is 3. The first-order chi connectivity index (χ1) is 12.3. The zero-order valence-electron chi connectivity index (χ0n) is 17.1. The van der Waals surface area contributed by atoms with Gasteiger partial charge in [0.05, 0.1) is 12.9 Å². The SMILES string of the molecule is CC.COC1=C(C)C=CC(N2CCC(N3CCCCCC3)CC2)CC1. The fourth-order valence-electron chi connectivity index (χ4n) is 4.53. The summed E-state index contributed by atoms with van der Waals surface area (Å²) in [7, 11) is 1.81. The monoisotopic (exact) mass is 348 g/mol. The molecule has 3 nitrogen and oxygen atoms in total. The lowest BCUT2D eigenvalue weighted by atomic mass is 9.99. The summed E-state index contributed by atoms with van der Waals surface area (Å²) in [6.07, 6.45) is 15.4. The number of methoxy groups -OCH3 is 1. The van der Waals surface area contributed by atoms with Crippen molar-refractivity contribution in [2.45, 2.75) is 84.2 Å². The normalized spacial score (nSPS) is 27.3. The summed E-state index contributed by atoms with van der Waals surface area (Å²) in [6, 6.07) is 1.44. The molecule has 144 valence electrons. The molecule has 2 aliphatic heterocycles. The van der Waals surface area contributed by atoms with Gasteiger partial charge in [-0.25, -0.2) is 0 Å². The smallest absolute Gasteiger partial charge is 0.0985 e. The number of hydrogen-bond donors (Lipinski definition) is 0. The van der Waals surface area contributed by atoms with Crippen LogP contribution in [0.5, 0.6) is 0 Å². The van der Waals surface area contributed by atoms with Gasteiger partial charge in [0.1, 0.15) is 0 Å². The van der Waals surface area contributed by atoms with Gasteiger partial charge in [-0.1, -0.05) is 38.8 Å². The molecule has 2 heterocycles. The molecule has 0 radical (unpaired) electrons. The minimum atomic E-state index is 0.600. The highest BCUT2D eigenvalue weighted by atomic mass is 16.5. The summed E-state index contributed by atoms with van der Waals surface area (Å²) >= 11 is 0. The van der Waals surface area contributed by atoms with E-state index in [2.05, 4.69) is 28.9 Å². The van der Waals surface area contributed by atoms with Crippen LogP contribution in [0.25, 0.3) is 0 Å². The van der Waals surface area contributed by atoms with Gasteiger partial charge < -0.3 is 9.64 Å². The van der Waals surface area contributed by atoms with E-state index in [1.165, 1.54) is 82.5 Å². The Labute approximate surface area is 156 Å². The summed E-state index contributed by atoms with van der Waals surface area (Å²) in [4.78, 5) is 5.50. The Hall–Kier alpha value is -0.800. The third kappa shape index (κ3) is 5.86. The van der Waals surface area contributed by atoms with Gasteiger partial charge in [0.15, 0.2) is 0 Å². The topological polar surface area (TPSA) is 15.7 Å². The predicted molar refractivity (Wildman–Crippen MR) is 108 cm³/mol. The third-order valence-corrected chi connectivity index (χ3v) is 6.05. The lowest BCUT2D eigenvalue weighted by molar-refractivity contribution is 0.0936. The Morgan fingerprint density at radius 1 is 0.880 bits per heavy atom. The highest BCUT2D eigenvalue weighted by Crippen LogP contribution is 2.26. The molecule has 2 saturated heterocycles. The molecule has 0 aromatic heterocycles. The van der Waals surface area contributed by atoms with Crippen LogP contribution >= 0.6 is 0 Å². The maximum atomic E-state index is 5.53. The second-order valence-corrected chi connectivity index (χ2v) is 7.49. The van der Waals surface area contributed by atoms with Crippen LogP contribution in [-0.4, -0.2) is 55.2 Å². The maximum Gasteiger partial charge on any atom is 0.0985 e. The van der Waals surface area contributed by atoms with Crippen LogP contribution in [0.3, 0.4) is 0 Å². The Bertz CT molecular complexity index is 427. The van der Waals surface area contributed by atoms with Crippen LogP contribution in [0.15, 0.2) is 23.5 Å². The quantitative estimate of drug-likeness (QED) is 0.714. The molecule has 0 amide bonds. The summed E-state index contributed by atoms with van der Waals surface area (Å²) < 4.78 is 5.53. The summed E-state index contributed by atoms with van der Waals surface area (Å²) in [5.74, 6) is 1.17. The summed E-state index contributed by atoms with van der Waals surface area (Å²) in [5.41, 5.74) is 1.30.